The van der Waals surface area contributed by atoms with Crippen molar-refractivity contribution >= 4 is 39.1 Å². The van der Waals surface area contributed by atoms with Crippen LogP contribution in [-0.4, -0.2) is 90.3 Å². The zero-order chi connectivity index (χ0) is 26.8. The summed E-state index contributed by atoms with van der Waals surface area (Å²) >= 11 is 0. The van der Waals surface area contributed by atoms with E-state index >= 15 is 0 Å². The molecule has 0 aliphatic carbocycles. The largest absolute Gasteiger partial charge is 0.481 e. The van der Waals surface area contributed by atoms with Gasteiger partial charge in [0.05, 0.1) is 13.3 Å². The summed E-state index contributed by atoms with van der Waals surface area (Å²) in [7, 11) is -10.6. The number of carboxylic acid groups (broad SMARTS) is 1. The maximum Gasteiger partial charge on any atom is 0.481 e. The molecule has 1 unspecified atom stereocenters. The van der Waals surface area contributed by atoms with Gasteiger partial charge in [-0.05, 0) is 12.8 Å². The van der Waals surface area contributed by atoms with Gasteiger partial charge in [-0.3, -0.25) is 19.1 Å². The highest BCUT2D eigenvalue weighted by atomic mass is 31.3. The van der Waals surface area contributed by atoms with Crippen LogP contribution in [-0.2, 0) is 27.5 Å². The highest BCUT2D eigenvalue weighted by Gasteiger charge is 2.49. The van der Waals surface area contributed by atoms with Crippen molar-refractivity contribution in [1.82, 2.24) is 9.97 Å². The molecular formula is C16H27N5O13P2. The fraction of sp³-hybridized carbons (Fsp3) is 0.688. The molecule has 18 nitrogen and oxygen atoms in total. The Kier molecular flexibility index (Phi) is 8.78. The number of anilines is 3. The number of unbranched alkanes of at least 4 members (excludes halogenated alkanes) is 2. The van der Waals surface area contributed by atoms with Gasteiger partial charge in [-0.1, -0.05) is 6.42 Å². The van der Waals surface area contributed by atoms with Gasteiger partial charge in [0.1, 0.15) is 24.0 Å². The monoisotopic (exact) mass is 559 g/mol. The van der Waals surface area contributed by atoms with Crippen molar-refractivity contribution in [3.05, 3.63) is 10.4 Å². The number of nitrogen functional groups attached to an aromatic ring is 1. The Balaban J connectivity index is 1.72. The van der Waals surface area contributed by atoms with Crippen molar-refractivity contribution < 1.29 is 57.5 Å². The second-order valence-corrected chi connectivity index (χ2v) is 10.9. The second-order valence-electron chi connectivity index (χ2n) is 8.09. The Morgan fingerprint density at radius 2 is 1.89 bits per heavy atom. The number of phosphoric ester groups is 1. The van der Waals surface area contributed by atoms with Crippen molar-refractivity contribution in [2.75, 3.05) is 35.4 Å². The van der Waals surface area contributed by atoms with Crippen molar-refractivity contribution in [2.45, 2.75) is 50.2 Å². The molecule has 1 saturated heterocycles. The summed E-state index contributed by atoms with van der Waals surface area (Å²) in [4.78, 5) is 59.5. The quantitative estimate of drug-likeness (QED) is 0.104. The number of hydrogen-bond acceptors (Lipinski definition) is 13. The fourth-order valence-corrected chi connectivity index (χ4v) is 5.47. The van der Waals surface area contributed by atoms with E-state index in [2.05, 4.69) is 18.8 Å². The minimum absolute atomic E-state index is 0.00477. The summed E-state index contributed by atoms with van der Waals surface area (Å²) in [5.41, 5.74) is 5.20. The molecule has 0 radical (unpaired) electrons. The second kappa shape index (κ2) is 11.1. The minimum atomic E-state index is -5.36. The number of fused-ring (bicyclic) bond motifs is 1. The molecule has 1 aromatic rings. The summed E-state index contributed by atoms with van der Waals surface area (Å²) in [6.07, 6.45) is -4.50. The van der Waals surface area contributed by atoms with Gasteiger partial charge in [0.25, 0.3) is 5.56 Å². The molecule has 3 heterocycles. The molecule has 3 rings (SSSR count). The SMILES string of the molecule is Nc1nc2c(c(=O)[nH]1)N(CCCCCC(=O)O)CN2[C@@H]1O[C@H](COP(=O)(O)OP(=O)(O)O)[C@@H](O)[C@H]1O. The van der Waals surface area contributed by atoms with Crippen molar-refractivity contribution in [3.8, 4) is 0 Å². The van der Waals surface area contributed by atoms with Gasteiger partial charge in [0.2, 0.25) is 5.95 Å². The normalized spacial score (nSPS) is 25.7. The number of nitrogens with two attached hydrogens (primary N) is 1. The van der Waals surface area contributed by atoms with Gasteiger partial charge in [0.15, 0.2) is 12.0 Å². The van der Waals surface area contributed by atoms with E-state index in [1.54, 1.807) is 4.90 Å². The van der Waals surface area contributed by atoms with Crippen LogP contribution in [0.25, 0.3) is 0 Å². The Morgan fingerprint density at radius 3 is 2.53 bits per heavy atom. The molecule has 0 spiro atoms. The lowest BCUT2D eigenvalue weighted by Crippen LogP contribution is -2.46. The Labute approximate surface area is 203 Å². The first-order chi connectivity index (χ1) is 16.7. The minimum Gasteiger partial charge on any atom is -0.481 e. The molecule has 1 aromatic heterocycles. The first-order valence-electron chi connectivity index (χ1n) is 10.6. The predicted octanol–water partition coefficient (Wildman–Crippen LogP) is -1.75. The molecule has 204 valence electrons. The maximum absolute atomic E-state index is 12.6. The van der Waals surface area contributed by atoms with E-state index in [0.29, 0.717) is 25.8 Å². The molecule has 0 amide bonds. The van der Waals surface area contributed by atoms with Gasteiger partial charge in [-0.15, -0.1) is 0 Å². The number of carbonyl (C=O) groups is 1. The van der Waals surface area contributed by atoms with E-state index < -0.39 is 58.3 Å². The van der Waals surface area contributed by atoms with Crippen LogP contribution in [0, 0.1) is 0 Å². The molecule has 9 N–H and O–H groups in total. The number of aromatic nitrogens is 2. The number of aliphatic hydroxyl groups excluding tert-OH is 2. The molecule has 1 fully saturated rings. The van der Waals surface area contributed by atoms with Gasteiger partial charge >= 0.3 is 21.6 Å². The molecule has 5 atom stereocenters. The van der Waals surface area contributed by atoms with E-state index in [0.717, 1.165) is 0 Å². The number of nitrogens with one attached hydrogen (secondary N) is 1. The summed E-state index contributed by atoms with van der Waals surface area (Å²) in [6.45, 7) is -0.597. The third-order valence-corrected chi connectivity index (χ3v) is 7.53. The molecular weight excluding hydrogens is 532 g/mol. The number of rotatable bonds is 12. The van der Waals surface area contributed by atoms with Crippen LogP contribution in [0.4, 0.5) is 17.5 Å². The van der Waals surface area contributed by atoms with Gasteiger partial charge < -0.3 is 50.3 Å². The van der Waals surface area contributed by atoms with Crippen LogP contribution in [0.2, 0.25) is 0 Å². The van der Waals surface area contributed by atoms with Crippen LogP contribution in [0.15, 0.2) is 4.79 Å². The summed E-state index contributed by atoms with van der Waals surface area (Å²) in [5.74, 6) is -1.10. The number of carboxylic acids is 1. The van der Waals surface area contributed by atoms with Gasteiger partial charge in [-0.2, -0.15) is 9.29 Å². The van der Waals surface area contributed by atoms with E-state index in [4.69, 9.17) is 25.4 Å². The summed E-state index contributed by atoms with van der Waals surface area (Å²) < 4.78 is 36.2. The number of hydrogen-bond donors (Lipinski definition) is 8. The van der Waals surface area contributed by atoms with Crippen LogP contribution >= 0.6 is 15.6 Å². The van der Waals surface area contributed by atoms with Crippen LogP contribution in [0.3, 0.4) is 0 Å². The first-order valence-corrected chi connectivity index (χ1v) is 13.6. The number of aliphatic hydroxyl groups is 2. The van der Waals surface area contributed by atoms with E-state index in [1.165, 1.54) is 4.90 Å². The average molecular weight is 559 g/mol. The lowest BCUT2D eigenvalue weighted by atomic mass is 10.1. The highest BCUT2D eigenvalue weighted by molar-refractivity contribution is 7.60. The summed E-state index contributed by atoms with van der Waals surface area (Å²) in [6, 6.07) is 0. The molecule has 0 saturated carbocycles. The van der Waals surface area contributed by atoms with Crippen LogP contribution < -0.4 is 21.1 Å². The average Bonchev–Trinajstić information content (AvgIpc) is 3.22. The number of nitrogens with zero attached hydrogens (tertiary/aromatic N) is 3. The van der Waals surface area contributed by atoms with Crippen LogP contribution in [0.5, 0.6) is 0 Å². The lowest BCUT2D eigenvalue weighted by Gasteiger charge is -2.28. The van der Waals surface area contributed by atoms with Gasteiger partial charge in [0, 0.05) is 13.0 Å². The van der Waals surface area contributed by atoms with E-state index in [-0.39, 0.29) is 30.5 Å². The number of H-pyrrole nitrogens is 1. The Morgan fingerprint density at radius 1 is 1.19 bits per heavy atom. The van der Waals surface area contributed by atoms with E-state index in [1.807, 2.05) is 0 Å². The zero-order valence-electron chi connectivity index (χ0n) is 18.6. The third kappa shape index (κ3) is 7.01. The van der Waals surface area contributed by atoms with Crippen molar-refractivity contribution in [1.29, 1.82) is 0 Å². The zero-order valence-corrected chi connectivity index (χ0v) is 20.4. The molecule has 0 bridgehead atoms. The first kappa shape index (κ1) is 28.5. The predicted molar refractivity (Wildman–Crippen MR) is 120 cm³/mol. The van der Waals surface area contributed by atoms with Gasteiger partial charge in [-0.25, -0.2) is 9.13 Å². The standard InChI is InChI=1S/C16H27N5O13P2/c17-16-18-13-10(14(26)19-16)20(5-3-1-2-4-9(22)23)7-21(13)15-12(25)11(24)8(33-15)6-32-36(30,31)34-35(27,28)29/h8,11-12,15,24-25H,1-7H2,(H,22,23)(H,30,31)(H2,27,28,29)(H3,17,18,19,26)/t8-,11-,12-,15-/m1/s1. The highest BCUT2D eigenvalue weighted by Crippen LogP contribution is 2.57. The van der Waals surface area contributed by atoms with E-state index in [9.17, 15) is 33.8 Å². The Bertz CT molecular complexity index is 1110. The lowest BCUT2D eigenvalue weighted by molar-refractivity contribution is -0.137. The molecule has 0 aromatic carbocycles. The van der Waals surface area contributed by atoms with Crippen LogP contribution in [0.1, 0.15) is 25.7 Å². The summed E-state index contributed by atoms with van der Waals surface area (Å²) in [5, 5.41) is 29.7. The Hall–Kier alpha value is -2.11. The van der Waals surface area contributed by atoms with Crippen molar-refractivity contribution in [2.24, 2.45) is 0 Å². The smallest absolute Gasteiger partial charge is 0.481 e. The number of ether oxygens (including phenoxy) is 1. The number of aliphatic carboxylic acids is 1. The molecule has 36 heavy (non-hydrogen) atoms. The number of aromatic amines is 1. The topological polar surface area (TPSA) is 279 Å². The number of phosphoric acid groups is 2. The molecule has 2 aliphatic heterocycles. The maximum atomic E-state index is 12.6. The molecule has 20 heteroatoms. The third-order valence-electron chi connectivity index (χ3n) is 5.38. The fourth-order valence-electron chi connectivity index (χ4n) is 3.87. The molecule has 2 aliphatic rings. The van der Waals surface area contributed by atoms with Crippen molar-refractivity contribution in [3.63, 3.8) is 0 Å².